The summed E-state index contributed by atoms with van der Waals surface area (Å²) in [5, 5.41) is 17.1. The average molecular weight is 335 g/mol. The van der Waals surface area contributed by atoms with Crippen LogP contribution in [-0.4, -0.2) is 37.1 Å². The van der Waals surface area contributed by atoms with Crippen molar-refractivity contribution < 1.29 is 14.5 Å². The minimum Gasteiger partial charge on any atom is -0.496 e. The second kappa shape index (κ2) is 9.22. The lowest BCUT2D eigenvalue weighted by Crippen LogP contribution is -2.37. The van der Waals surface area contributed by atoms with Gasteiger partial charge in [0, 0.05) is 31.3 Å². The molecule has 2 N–H and O–H groups in total. The van der Waals surface area contributed by atoms with E-state index < -0.39 is 4.92 Å². The number of nitro benzene ring substituents is 1. The van der Waals surface area contributed by atoms with Crippen LogP contribution in [0.25, 0.3) is 0 Å². The fourth-order valence-electron chi connectivity index (χ4n) is 3.02. The zero-order chi connectivity index (χ0) is 17.4. The fraction of sp³-hybridized carbons (Fsp3) is 0.588. The van der Waals surface area contributed by atoms with Crippen LogP contribution in [0.3, 0.4) is 0 Å². The standard InChI is InChI=1S/C17H25N3O4/c1-24-16-9-8-14(20(22)23)12-15(16)17(21)19-11-10-18-13-6-4-2-3-5-7-13/h8-9,12-13,18H,2-7,10-11H2,1H3,(H,19,21). The molecule has 24 heavy (non-hydrogen) atoms. The smallest absolute Gasteiger partial charge is 0.270 e. The quantitative estimate of drug-likeness (QED) is 0.346. The van der Waals surface area contributed by atoms with Crippen LogP contribution in [0.4, 0.5) is 5.69 Å². The van der Waals surface area contributed by atoms with Gasteiger partial charge in [-0.3, -0.25) is 14.9 Å². The van der Waals surface area contributed by atoms with E-state index in [9.17, 15) is 14.9 Å². The van der Waals surface area contributed by atoms with Crippen molar-refractivity contribution in [1.82, 2.24) is 10.6 Å². The van der Waals surface area contributed by atoms with E-state index >= 15 is 0 Å². The molecule has 0 atom stereocenters. The Hall–Kier alpha value is -2.15. The molecule has 0 saturated heterocycles. The number of non-ortho nitro benzene ring substituents is 1. The van der Waals surface area contributed by atoms with E-state index in [0.29, 0.717) is 24.9 Å². The second-order valence-electron chi connectivity index (χ2n) is 6.04. The summed E-state index contributed by atoms with van der Waals surface area (Å²) in [7, 11) is 1.44. The maximum Gasteiger partial charge on any atom is 0.270 e. The van der Waals surface area contributed by atoms with E-state index in [0.717, 1.165) is 0 Å². The van der Waals surface area contributed by atoms with Crippen LogP contribution >= 0.6 is 0 Å². The van der Waals surface area contributed by atoms with Gasteiger partial charge in [0.1, 0.15) is 5.75 Å². The topological polar surface area (TPSA) is 93.5 Å². The summed E-state index contributed by atoms with van der Waals surface area (Å²) in [5.74, 6) is -0.0342. The Balaban J connectivity index is 1.85. The Morgan fingerprint density at radius 2 is 1.96 bits per heavy atom. The van der Waals surface area contributed by atoms with Crippen molar-refractivity contribution in [3.8, 4) is 5.75 Å². The lowest BCUT2D eigenvalue weighted by Gasteiger charge is -2.16. The fourth-order valence-corrected chi connectivity index (χ4v) is 3.02. The third-order valence-corrected chi connectivity index (χ3v) is 4.34. The molecular weight excluding hydrogens is 310 g/mol. The lowest BCUT2D eigenvalue weighted by atomic mass is 10.1. The Labute approximate surface area is 141 Å². The number of carbonyl (C=O) groups excluding carboxylic acids is 1. The number of nitrogens with one attached hydrogen (secondary N) is 2. The molecule has 1 aromatic carbocycles. The van der Waals surface area contributed by atoms with Crippen molar-refractivity contribution >= 4 is 11.6 Å². The van der Waals surface area contributed by atoms with Crippen molar-refractivity contribution in [1.29, 1.82) is 0 Å². The van der Waals surface area contributed by atoms with Crippen LogP contribution in [0.2, 0.25) is 0 Å². The number of benzene rings is 1. The molecule has 7 nitrogen and oxygen atoms in total. The summed E-state index contributed by atoms with van der Waals surface area (Å²) in [4.78, 5) is 22.6. The van der Waals surface area contributed by atoms with Crippen molar-refractivity contribution in [2.75, 3.05) is 20.2 Å². The molecule has 1 amide bonds. The molecule has 0 spiro atoms. The first kappa shape index (κ1) is 18.2. The van der Waals surface area contributed by atoms with Gasteiger partial charge in [0.25, 0.3) is 11.6 Å². The monoisotopic (exact) mass is 335 g/mol. The number of carbonyl (C=O) groups is 1. The molecule has 1 aromatic rings. The molecule has 0 heterocycles. The third-order valence-electron chi connectivity index (χ3n) is 4.34. The van der Waals surface area contributed by atoms with Gasteiger partial charge in [-0.25, -0.2) is 0 Å². The van der Waals surface area contributed by atoms with Crippen LogP contribution in [0.1, 0.15) is 48.9 Å². The Morgan fingerprint density at radius 1 is 1.25 bits per heavy atom. The van der Waals surface area contributed by atoms with E-state index in [-0.39, 0.29) is 17.2 Å². The van der Waals surface area contributed by atoms with Gasteiger partial charge in [-0.15, -0.1) is 0 Å². The summed E-state index contributed by atoms with van der Waals surface area (Å²) in [6.45, 7) is 1.16. The minimum absolute atomic E-state index is 0.127. The van der Waals surface area contributed by atoms with Crippen molar-refractivity contribution in [2.45, 2.75) is 44.6 Å². The number of nitro groups is 1. The number of methoxy groups -OCH3 is 1. The SMILES string of the molecule is COc1ccc([N+](=O)[O-])cc1C(=O)NCCNC1CCCCCC1. The summed E-state index contributed by atoms with van der Waals surface area (Å²) < 4.78 is 5.12. The number of ether oxygens (including phenoxy) is 1. The first-order valence-corrected chi connectivity index (χ1v) is 8.46. The zero-order valence-corrected chi connectivity index (χ0v) is 14.0. The highest BCUT2D eigenvalue weighted by Gasteiger charge is 2.17. The first-order valence-electron chi connectivity index (χ1n) is 8.46. The van der Waals surface area contributed by atoms with Crippen molar-refractivity contribution in [3.63, 3.8) is 0 Å². The molecule has 7 heteroatoms. The summed E-state index contributed by atoms with van der Waals surface area (Å²) in [5.41, 5.74) is 0.0543. The maximum absolute atomic E-state index is 12.3. The van der Waals surface area contributed by atoms with Crippen LogP contribution < -0.4 is 15.4 Å². The zero-order valence-electron chi connectivity index (χ0n) is 14.0. The highest BCUT2D eigenvalue weighted by molar-refractivity contribution is 5.97. The molecule has 0 aromatic heterocycles. The predicted octanol–water partition coefficient (Wildman–Crippen LogP) is 2.65. The first-order chi connectivity index (χ1) is 11.6. The molecule has 0 bridgehead atoms. The van der Waals surface area contributed by atoms with Gasteiger partial charge in [-0.05, 0) is 18.9 Å². The molecule has 1 saturated carbocycles. The second-order valence-corrected chi connectivity index (χ2v) is 6.04. The number of amides is 1. The van der Waals surface area contributed by atoms with Crippen LogP contribution in [0, 0.1) is 10.1 Å². The molecular formula is C17H25N3O4. The van der Waals surface area contributed by atoms with Gasteiger partial charge in [-0.1, -0.05) is 25.7 Å². The molecule has 1 fully saturated rings. The average Bonchev–Trinajstić information content (AvgIpc) is 2.86. The summed E-state index contributed by atoms with van der Waals surface area (Å²) in [6, 6.07) is 4.53. The predicted molar refractivity (Wildman–Crippen MR) is 91.5 cm³/mol. The lowest BCUT2D eigenvalue weighted by molar-refractivity contribution is -0.384. The highest BCUT2D eigenvalue weighted by Crippen LogP contribution is 2.23. The van der Waals surface area contributed by atoms with E-state index in [2.05, 4.69) is 10.6 Å². The molecule has 0 unspecified atom stereocenters. The number of rotatable bonds is 7. The van der Waals surface area contributed by atoms with E-state index in [1.165, 1.54) is 63.8 Å². The summed E-state index contributed by atoms with van der Waals surface area (Å²) >= 11 is 0. The molecule has 1 aliphatic rings. The third kappa shape index (κ3) is 5.19. The van der Waals surface area contributed by atoms with E-state index in [1.807, 2.05) is 0 Å². The maximum atomic E-state index is 12.3. The normalized spacial score (nSPS) is 15.5. The summed E-state index contributed by atoms with van der Waals surface area (Å²) in [6.07, 6.45) is 7.51. The Morgan fingerprint density at radius 3 is 2.58 bits per heavy atom. The molecule has 1 aliphatic carbocycles. The van der Waals surface area contributed by atoms with Gasteiger partial charge in [0.2, 0.25) is 0 Å². The van der Waals surface area contributed by atoms with Crippen molar-refractivity contribution in [3.05, 3.63) is 33.9 Å². The van der Waals surface area contributed by atoms with Crippen LogP contribution in [0.15, 0.2) is 18.2 Å². The van der Waals surface area contributed by atoms with Gasteiger partial charge in [-0.2, -0.15) is 0 Å². The van der Waals surface area contributed by atoms with Gasteiger partial charge >= 0.3 is 0 Å². The Kier molecular flexibility index (Phi) is 6.99. The molecule has 0 aliphatic heterocycles. The molecule has 132 valence electrons. The van der Waals surface area contributed by atoms with Gasteiger partial charge < -0.3 is 15.4 Å². The number of nitrogens with zero attached hydrogens (tertiary/aromatic N) is 1. The number of hydrogen-bond acceptors (Lipinski definition) is 5. The van der Waals surface area contributed by atoms with E-state index in [4.69, 9.17) is 4.74 Å². The highest BCUT2D eigenvalue weighted by atomic mass is 16.6. The van der Waals surface area contributed by atoms with Crippen molar-refractivity contribution in [2.24, 2.45) is 0 Å². The van der Waals surface area contributed by atoms with Gasteiger partial charge in [0.05, 0.1) is 17.6 Å². The van der Waals surface area contributed by atoms with E-state index in [1.54, 1.807) is 0 Å². The molecule has 2 rings (SSSR count). The number of hydrogen-bond donors (Lipinski definition) is 2. The van der Waals surface area contributed by atoms with Crippen LogP contribution in [-0.2, 0) is 0 Å². The minimum atomic E-state index is -0.524. The molecule has 0 radical (unpaired) electrons. The van der Waals surface area contributed by atoms with Gasteiger partial charge in [0.15, 0.2) is 0 Å². The Bertz CT molecular complexity index is 569. The largest absolute Gasteiger partial charge is 0.496 e. The van der Waals surface area contributed by atoms with Crippen LogP contribution in [0.5, 0.6) is 5.75 Å².